The highest BCUT2D eigenvalue weighted by Gasteiger charge is 2.16. The van der Waals surface area contributed by atoms with Crippen molar-refractivity contribution < 1.29 is 17.7 Å². The number of rotatable bonds is 6. The van der Waals surface area contributed by atoms with Crippen LogP contribution < -0.4 is 9.46 Å². The number of benzene rings is 1. The third kappa shape index (κ3) is 3.91. The Bertz CT molecular complexity index is 869. The fraction of sp³-hybridized carbons (Fsp3) is 0.133. The van der Waals surface area contributed by atoms with Gasteiger partial charge in [-0.25, -0.2) is 8.42 Å². The lowest BCUT2D eigenvalue weighted by Crippen LogP contribution is -2.13. The van der Waals surface area contributed by atoms with Crippen molar-refractivity contribution in [3.63, 3.8) is 0 Å². The van der Waals surface area contributed by atoms with Gasteiger partial charge in [-0.2, -0.15) is 0 Å². The first-order chi connectivity index (χ1) is 11.0. The number of anilines is 1. The molecule has 0 saturated carbocycles. The predicted octanol–water partition coefficient (Wildman–Crippen LogP) is 3.42. The maximum Gasteiger partial charge on any atom is 0.263 e. The third-order valence-electron chi connectivity index (χ3n) is 2.96. The molecule has 0 fully saturated rings. The number of aryl methyl sites for hydroxylation is 1. The number of hydrogen-bond donors (Lipinski definition) is 1. The lowest BCUT2D eigenvalue weighted by molar-refractivity contribution is 0.309. The highest BCUT2D eigenvalue weighted by atomic mass is 32.2. The molecule has 23 heavy (non-hydrogen) atoms. The second-order valence-electron chi connectivity index (χ2n) is 4.77. The minimum atomic E-state index is -3.70. The SMILES string of the molecule is Cc1cc(NS(=O)(=O)c2ccc(OCc3cccs3)cc2)no1. The van der Waals surface area contributed by atoms with Crippen molar-refractivity contribution in [3.8, 4) is 5.75 Å². The molecule has 1 N–H and O–H groups in total. The van der Waals surface area contributed by atoms with Crippen molar-refractivity contribution in [2.24, 2.45) is 0 Å². The molecular formula is C15H14N2O4S2. The molecule has 0 aliphatic carbocycles. The monoisotopic (exact) mass is 350 g/mol. The van der Waals surface area contributed by atoms with Gasteiger partial charge in [-0.05, 0) is 42.6 Å². The molecular weight excluding hydrogens is 336 g/mol. The van der Waals surface area contributed by atoms with E-state index in [-0.39, 0.29) is 10.7 Å². The predicted molar refractivity (Wildman–Crippen MR) is 87.1 cm³/mol. The van der Waals surface area contributed by atoms with Gasteiger partial charge >= 0.3 is 0 Å². The lowest BCUT2D eigenvalue weighted by atomic mass is 10.3. The number of hydrogen-bond acceptors (Lipinski definition) is 6. The number of nitrogens with one attached hydrogen (secondary N) is 1. The van der Waals surface area contributed by atoms with Gasteiger partial charge in [0.1, 0.15) is 18.1 Å². The highest BCUT2D eigenvalue weighted by molar-refractivity contribution is 7.92. The van der Waals surface area contributed by atoms with E-state index in [1.54, 1.807) is 30.4 Å². The maximum atomic E-state index is 12.2. The van der Waals surface area contributed by atoms with Crippen LogP contribution in [0.5, 0.6) is 5.75 Å². The summed E-state index contributed by atoms with van der Waals surface area (Å²) in [4.78, 5) is 1.23. The molecule has 3 aromatic rings. The van der Waals surface area contributed by atoms with Gasteiger partial charge in [0.2, 0.25) is 0 Å². The molecule has 1 aromatic carbocycles. The normalized spacial score (nSPS) is 11.3. The van der Waals surface area contributed by atoms with E-state index in [9.17, 15) is 8.42 Å². The van der Waals surface area contributed by atoms with Gasteiger partial charge in [0.25, 0.3) is 10.0 Å². The topological polar surface area (TPSA) is 81.4 Å². The van der Waals surface area contributed by atoms with Crippen molar-refractivity contribution in [1.29, 1.82) is 0 Å². The van der Waals surface area contributed by atoms with Gasteiger partial charge in [0, 0.05) is 10.9 Å². The van der Waals surface area contributed by atoms with Crippen LogP contribution in [0.15, 0.2) is 57.3 Å². The Kier molecular flexibility index (Phi) is 4.35. The van der Waals surface area contributed by atoms with Gasteiger partial charge in [-0.3, -0.25) is 4.72 Å². The van der Waals surface area contributed by atoms with Crippen LogP contribution >= 0.6 is 11.3 Å². The second kappa shape index (κ2) is 6.43. The average Bonchev–Trinajstić information content (AvgIpc) is 3.17. The van der Waals surface area contributed by atoms with Crippen molar-refractivity contribution in [3.05, 3.63) is 58.5 Å². The fourth-order valence-electron chi connectivity index (χ4n) is 1.88. The van der Waals surface area contributed by atoms with Gasteiger partial charge in [-0.1, -0.05) is 11.2 Å². The molecule has 0 radical (unpaired) electrons. The van der Waals surface area contributed by atoms with Gasteiger partial charge in [0.15, 0.2) is 5.82 Å². The Balaban J connectivity index is 1.68. The maximum absolute atomic E-state index is 12.2. The zero-order valence-electron chi connectivity index (χ0n) is 12.2. The van der Waals surface area contributed by atoms with Crippen LogP contribution in [-0.2, 0) is 16.6 Å². The van der Waals surface area contributed by atoms with E-state index < -0.39 is 10.0 Å². The number of thiophene rings is 1. The van der Waals surface area contributed by atoms with Crippen molar-refractivity contribution in [2.45, 2.75) is 18.4 Å². The summed E-state index contributed by atoms with van der Waals surface area (Å²) in [5.74, 6) is 1.29. The van der Waals surface area contributed by atoms with Crippen LogP contribution in [0, 0.1) is 6.92 Å². The van der Waals surface area contributed by atoms with E-state index in [0.717, 1.165) is 4.88 Å². The van der Waals surface area contributed by atoms with Gasteiger partial charge < -0.3 is 9.26 Å². The fourth-order valence-corrected chi connectivity index (χ4v) is 3.48. The molecule has 6 nitrogen and oxygen atoms in total. The first-order valence-corrected chi connectivity index (χ1v) is 9.10. The van der Waals surface area contributed by atoms with Crippen molar-refractivity contribution in [1.82, 2.24) is 5.16 Å². The molecule has 0 aliphatic heterocycles. The quantitative estimate of drug-likeness (QED) is 0.736. The van der Waals surface area contributed by atoms with E-state index >= 15 is 0 Å². The van der Waals surface area contributed by atoms with Crippen LogP contribution in [0.4, 0.5) is 5.82 Å². The summed E-state index contributed by atoms with van der Waals surface area (Å²) < 4.78 is 37.3. The number of sulfonamides is 1. The smallest absolute Gasteiger partial charge is 0.263 e. The Hall–Kier alpha value is -2.32. The molecule has 0 atom stereocenters. The Morgan fingerprint density at radius 3 is 2.65 bits per heavy atom. The zero-order chi connectivity index (χ0) is 16.3. The molecule has 0 saturated heterocycles. The molecule has 0 amide bonds. The van der Waals surface area contributed by atoms with Crippen molar-refractivity contribution in [2.75, 3.05) is 4.72 Å². The molecule has 8 heteroatoms. The number of ether oxygens (including phenoxy) is 1. The van der Waals surface area contributed by atoms with E-state index in [2.05, 4.69) is 9.88 Å². The van der Waals surface area contributed by atoms with Crippen LogP contribution in [0.1, 0.15) is 10.6 Å². The Morgan fingerprint density at radius 2 is 2.04 bits per heavy atom. The minimum absolute atomic E-state index is 0.127. The average molecular weight is 350 g/mol. The largest absolute Gasteiger partial charge is 0.488 e. The van der Waals surface area contributed by atoms with Gasteiger partial charge in [0.05, 0.1) is 4.90 Å². The summed E-state index contributed by atoms with van der Waals surface area (Å²) in [7, 11) is -3.70. The lowest BCUT2D eigenvalue weighted by Gasteiger charge is -2.07. The van der Waals surface area contributed by atoms with Crippen molar-refractivity contribution >= 4 is 27.2 Å². The summed E-state index contributed by atoms with van der Waals surface area (Å²) in [6, 6.07) is 11.7. The first-order valence-electron chi connectivity index (χ1n) is 6.74. The molecule has 3 rings (SSSR count). The number of aromatic nitrogens is 1. The van der Waals surface area contributed by atoms with E-state index in [1.165, 1.54) is 18.2 Å². The first kappa shape index (κ1) is 15.6. The number of nitrogens with zero attached hydrogens (tertiary/aromatic N) is 1. The standard InChI is InChI=1S/C15H14N2O4S2/c1-11-9-15(16-21-11)17-23(18,19)14-6-4-12(5-7-14)20-10-13-3-2-8-22-13/h2-9H,10H2,1H3,(H,16,17). The summed E-state index contributed by atoms with van der Waals surface area (Å²) in [5, 5.41) is 5.59. The summed E-state index contributed by atoms with van der Waals surface area (Å²) in [6.45, 7) is 2.14. The summed E-state index contributed by atoms with van der Waals surface area (Å²) >= 11 is 1.61. The second-order valence-corrected chi connectivity index (χ2v) is 7.48. The zero-order valence-corrected chi connectivity index (χ0v) is 13.9. The molecule has 0 bridgehead atoms. The van der Waals surface area contributed by atoms with Crippen LogP contribution in [0.3, 0.4) is 0 Å². The summed E-state index contributed by atoms with van der Waals surface area (Å²) in [6.07, 6.45) is 0. The Labute approximate surface area is 137 Å². The molecule has 0 unspecified atom stereocenters. The minimum Gasteiger partial charge on any atom is -0.488 e. The molecule has 0 aliphatic rings. The van der Waals surface area contributed by atoms with E-state index in [0.29, 0.717) is 18.1 Å². The summed E-state index contributed by atoms with van der Waals surface area (Å²) in [5.41, 5.74) is 0. The van der Waals surface area contributed by atoms with E-state index in [4.69, 9.17) is 9.26 Å². The van der Waals surface area contributed by atoms with E-state index in [1.807, 2.05) is 17.5 Å². The molecule has 120 valence electrons. The molecule has 2 heterocycles. The highest BCUT2D eigenvalue weighted by Crippen LogP contribution is 2.20. The third-order valence-corrected chi connectivity index (χ3v) is 5.18. The molecule has 0 spiro atoms. The van der Waals surface area contributed by atoms with Crippen LogP contribution in [0.2, 0.25) is 0 Å². The van der Waals surface area contributed by atoms with Crippen LogP contribution in [0.25, 0.3) is 0 Å². The van der Waals surface area contributed by atoms with Gasteiger partial charge in [-0.15, -0.1) is 11.3 Å². The van der Waals surface area contributed by atoms with Crippen LogP contribution in [-0.4, -0.2) is 13.6 Å². The molecule has 2 aromatic heterocycles. The Morgan fingerprint density at radius 1 is 1.26 bits per heavy atom.